The highest BCUT2D eigenvalue weighted by atomic mass is 16.6. The molecule has 2 fully saturated rings. The van der Waals surface area contributed by atoms with Crippen molar-refractivity contribution in [3.8, 4) is 0 Å². The maximum Gasteiger partial charge on any atom is 0.408 e. The normalized spacial score (nSPS) is 17.3. The number of carbonyl (C=O) groups is 4. The Bertz CT molecular complexity index is 1250. The molecule has 0 aromatic heterocycles. The second-order valence-corrected chi connectivity index (χ2v) is 12.4. The van der Waals surface area contributed by atoms with Gasteiger partial charge in [0.1, 0.15) is 17.2 Å². The highest BCUT2D eigenvalue weighted by Gasteiger charge is 2.54. The number of carbonyl (C=O) groups excluding carboxylic acids is 4. The Hall–Kier alpha value is -3.92. The second kappa shape index (κ2) is 14.0. The number of methoxy groups -OCH3 is 1. The molecule has 1 aliphatic carbocycles. The smallest absolute Gasteiger partial charge is 0.408 e. The van der Waals surface area contributed by atoms with E-state index in [4.69, 9.17) is 9.47 Å². The molecule has 2 aromatic carbocycles. The Labute approximate surface area is 254 Å². The minimum Gasteiger partial charge on any atom is -0.469 e. The van der Waals surface area contributed by atoms with E-state index in [-0.39, 0.29) is 18.4 Å². The van der Waals surface area contributed by atoms with Gasteiger partial charge in [0.05, 0.1) is 13.5 Å². The van der Waals surface area contributed by atoms with Crippen LogP contribution in [-0.2, 0) is 36.9 Å². The quantitative estimate of drug-likeness (QED) is 0.382. The van der Waals surface area contributed by atoms with E-state index in [9.17, 15) is 19.2 Å². The number of rotatable bonds is 11. The first-order chi connectivity index (χ1) is 20.5. The van der Waals surface area contributed by atoms with Gasteiger partial charge in [-0.1, -0.05) is 60.7 Å². The van der Waals surface area contributed by atoms with Crippen LogP contribution in [0.5, 0.6) is 0 Å². The van der Waals surface area contributed by atoms with Crippen LogP contribution in [0.15, 0.2) is 60.7 Å². The molecule has 1 heterocycles. The van der Waals surface area contributed by atoms with Crippen molar-refractivity contribution in [3.63, 3.8) is 0 Å². The molecule has 2 aliphatic rings. The highest BCUT2D eigenvalue weighted by molar-refractivity contribution is 5.96. The van der Waals surface area contributed by atoms with Crippen molar-refractivity contribution < 1.29 is 28.7 Å². The summed E-state index contributed by atoms with van der Waals surface area (Å²) in [6.07, 6.45) is 1.13. The molecule has 232 valence electrons. The van der Waals surface area contributed by atoms with Gasteiger partial charge in [-0.25, -0.2) is 4.79 Å². The van der Waals surface area contributed by atoms with Gasteiger partial charge < -0.3 is 25.0 Å². The lowest BCUT2D eigenvalue weighted by molar-refractivity contribution is -0.156. The number of likely N-dealkylation sites (tertiary alicyclic amines) is 1. The van der Waals surface area contributed by atoms with E-state index < -0.39 is 35.2 Å². The van der Waals surface area contributed by atoms with E-state index in [1.165, 1.54) is 12.7 Å². The zero-order chi connectivity index (χ0) is 31.0. The maximum absolute atomic E-state index is 14.4. The third kappa shape index (κ3) is 8.79. The molecule has 3 amide bonds. The first kappa shape index (κ1) is 32.0. The molecule has 1 atom stereocenters. The summed E-state index contributed by atoms with van der Waals surface area (Å²) in [5.74, 6) is -1.36. The van der Waals surface area contributed by atoms with Crippen molar-refractivity contribution in [2.24, 2.45) is 0 Å². The summed E-state index contributed by atoms with van der Waals surface area (Å²) in [6.45, 7) is 7.42. The van der Waals surface area contributed by atoms with Gasteiger partial charge in [-0.2, -0.15) is 0 Å². The molecule has 2 aromatic rings. The van der Waals surface area contributed by atoms with Crippen LogP contribution in [-0.4, -0.2) is 77.1 Å². The number of ether oxygens (including phenoxy) is 2. The monoisotopic (exact) mass is 592 g/mol. The molecule has 0 spiro atoms. The average molecular weight is 593 g/mol. The SMILES string of the molecule is COC(=O)C[C@H](NC(=O)OC(C)(C)C)C(=O)N(C1CC1)C1(C(=O)NCc2ccccc2)CCN(Cc2ccccc2)CC1. The van der Waals surface area contributed by atoms with Gasteiger partial charge in [0.15, 0.2) is 0 Å². The molecule has 0 radical (unpaired) electrons. The lowest BCUT2D eigenvalue weighted by atomic mass is 9.83. The van der Waals surface area contributed by atoms with Crippen molar-refractivity contribution >= 4 is 23.9 Å². The third-order valence-electron chi connectivity index (χ3n) is 7.85. The number of nitrogens with zero attached hydrogens (tertiary/aromatic N) is 2. The summed E-state index contributed by atoms with van der Waals surface area (Å²) in [5.41, 5.74) is 0.179. The van der Waals surface area contributed by atoms with Crippen LogP contribution in [0.3, 0.4) is 0 Å². The molecule has 43 heavy (non-hydrogen) atoms. The summed E-state index contributed by atoms with van der Waals surface area (Å²) in [4.78, 5) is 57.7. The second-order valence-electron chi connectivity index (χ2n) is 12.4. The van der Waals surface area contributed by atoms with Crippen LogP contribution in [0, 0.1) is 0 Å². The zero-order valence-corrected chi connectivity index (χ0v) is 25.6. The van der Waals surface area contributed by atoms with E-state index in [1.807, 2.05) is 48.5 Å². The van der Waals surface area contributed by atoms with Gasteiger partial charge in [0.25, 0.3) is 0 Å². The van der Waals surface area contributed by atoms with Gasteiger partial charge in [0, 0.05) is 32.2 Å². The fourth-order valence-electron chi connectivity index (χ4n) is 5.58. The minimum atomic E-state index is -1.25. The molecule has 0 unspecified atom stereocenters. The Balaban J connectivity index is 1.62. The fraction of sp³-hybridized carbons (Fsp3) is 0.515. The number of esters is 1. The van der Waals surface area contributed by atoms with Crippen LogP contribution >= 0.6 is 0 Å². The van der Waals surface area contributed by atoms with Gasteiger partial charge in [0.2, 0.25) is 11.8 Å². The zero-order valence-electron chi connectivity index (χ0n) is 25.6. The predicted molar refractivity (Wildman–Crippen MR) is 162 cm³/mol. The van der Waals surface area contributed by atoms with Crippen molar-refractivity contribution in [1.82, 2.24) is 20.4 Å². The number of amides is 3. The number of hydrogen-bond donors (Lipinski definition) is 2. The van der Waals surface area contributed by atoms with Crippen molar-refractivity contribution in [1.29, 1.82) is 0 Å². The lowest BCUT2D eigenvalue weighted by Gasteiger charge is -2.48. The van der Waals surface area contributed by atoms with E-state index in [2.05, 4.69) is 27.7 Å². The lowest BCUT2D eigenvalue weighted by Crippen LogP contribution is -2.67. The number of piperidine rings is 1. The Morgan fingerprint density at radius 2 is 1.53 bits per heavy atom. The van der Waals surface area contributed by atoms with E-state index in [1.54, 1.807) is 25.7 Å². The molecule has 2 N–H and O–H groups in total. The topological polar surface area (TPSA) is 117 Å². The van der Waals surface area contributed by atoms with Gasteiger partial charge in [-0.3, -0.25) is 19.3 Å². The van der Waals surface area contributed by atoms with Gasteiger partial charge in [-0.05, 0) is 57.6 Å². The molecule has 0 bridgehead atoms. The fourth-order valence-corrected chi connectivity index (χ4v) is 5.58. The summed E-state index contributed by atoms with van der Waals surface area (Å²) in [7, 11) is 1.23. The molecular weight excluding hydrogens is 548 g/mol. The highest BCUT2D eigenvalue weighted by Crippen LogP contribution is 2.40. The molecular formula is C33H44N4O6. The summed E-state index contributed by atoms with van der Waals surface area (Å²) < 4.78 is 10.3. The van der Waals surface area contributed by atoms with Crippen LogP contribution in [0.25, 0.3) is 0 Å². The number of benzene rings is 2. The maximum atomic E-state index is 14.4. The molecule has 4 rings (SSSR count). The Morgan fingerprint density at radius 3 is 2.07 bits per heavy atom. The average Bonchev–Trinajstić information content (AvgIpc) is 3.81. The molecule has 1 saturated carbocycles. The first-order valence-corrected chi connectivity index (χ1v) is 15.0. The van der Waals surface area contributed by atoms with Crippen LogP contribution in [0.2, 0.25) is 0 Å². The first-order valence-electron chi connectivity index (χ1n) is 15.0. The summed E-state index contributed by atoms with van der Waals surface area (Å²) >= 11 is 0. The van der Waals surface area contributed by atoms with Crippen molar-refractivity contribution in [2.75, 3.05) is 20.2 Å². The van der Waals surface area contributed by atoms with Gasteiger partial charge >= 0.3 is 12.1 Å². The van der Waals surface area contributed by atoms with Gasteiger partial charge in [-0.15, -0.1) is 0 Å². The summed E-state index contributed by atoms with van der Waals surface area (Å²) in [5, 5.41) is 5.70. The number of hydrogen-bond acceptors (Lipinski definition) is 7. The van der Waals surface area contributed by atoms with Crippen LogP contribution in [0.1, 0.15) is 64.0 Å². The van der Waals surface area contributed by atoms with E-state index in [0.29, 0.717) is 32.5 Å². The third-order valence-corrected chi connectivity index (χ3v) is 7.85. The molecule has 10 nitrogen and oxygen atoms in total. The van der Waals surface area contributed by atoms with E-state index in [0.717, 1.165) is 24.9 Å². The summed E-state index contributed by atoms with van der Waals surface area (Å²) in [6, 6.07) is 18.4. The largest absolute Gasteiger partial charge is 0.469 e. The van der Waals surface area contributed by atoms with Crippen LogP contribution < -0.4 is 10.6 Å². The van der Waals surface area contributed by atoms with Crippen molar-refractivity contribution in [3.05, 3.63) is 71.8 Å². The van der Waals surface area contributed by atoms with E-state index >= 15 is 0 Å². The Kier molecular flexibility index (Phi) is 10.4. The number of nitrogens with one attached hydrogen (secondary N) is 2. The number of alkyl carbamates (subject to hydrolysis) is 1. The van der Waals surface area contributed by atoms with Crippen LogP contribution in [0.4, 0.5) is 4.79 Å². The predicted octanol–water partition coefficient (Wildman–Crippen LogP) is 3.79. The molecule has 1 aliphatic heterocycles. The minimum absolute atomic E-state index is 0.170. The molecule has 10 heteroatoms. The van der Waals surface area contributed by atoms with Crippen molar-refractivity contribution in [2.45, 2.75) is 89.2 Å². The standard InChI is InChI=1S/C33H44N4O6/c1-32(2,3)43-31(41)35-27(21-28(38)42-4)29(39)37(26-15-16-26)33(30(40)34-22-24-11-7-5-8-12-24)17-19-36(20-18-33)23-25-13-9-6-10-14-25/h5-14,26-27H,15-23H2,1-4H3,(H,34,40)(H,35,41)/t27-/m0/s1. The molecule has 1 saturated heterocycles. The Morgan fingerprint density at radius 1 is 0.953 bits per heavy atom.